The van der Waals surface area contributed by atoms with Crippen molar-refractivity contribution in [3.63, 3.8) is 0 Å². The van der Waals surface area contributed by atoms with Gasteiger partial charge in [-0.05, 0) is 32.9 Å². The molecule has 0 aliphatic carbocycles. The van der Waals surface area contributed by atoms with Gasteiger partial charge in [0.1, 0.15) is 12.4 Å². The van der Waals surface area contributed by atoms with Crippen molar-refractivity contribution in [3.8, 4) is 0 Å². The Morgan fingerprint density at radius 1 is 1.27 bits per heavy atom. The molecular weight excluding hydrogens is 186 g/mol. The Morgan fingerprint density at radius 2 is 2.13 bits per heavy atom. The van der Waals surface area contributed by atoms with Crippen LogP contribution in [0.1, 0.15) is 32.6 Å². The molecule has 1 N–H and O–H groups in total. The van der Waals surface area contributed by atoms with Crippen molar-refractivity contribution in [1.29, 1.82) is 0 Å². The Hall–Kier alpha value is -0.830. The smallest absolute Gasteiger partial charge is 0.243 e. The molecule has 0 saturated carbocycles. The van der Waals surface area contributed by atoms with Crippen molar-refractivity contribution in [2.45, 2.75) is 45.7 Å². The zero-order valence-corrected chi connectivity index (χ0v) is 10.1. The first kappa shape index (κ1) is 12.2. The van der Waals surface area contributed by atoms with E-state index < -0.39 is 0 Å². The molecule has 0 spiro atoms. The van der Waals surface area contributed by atoms with E-state index in [4.69, 9.17) is 0 Å². The molecule has 1 aromatic rings. The number of aromatic nitrogens is 2. The molecular formula is C12H24N3+. The summed E-state index contributed by atoms with van der Waals surface area (Å²) in [6, 6.07) is 0. The lowest BCUT2D eigenvalue weighted by Gasteiger charge is -1.97. The molecule has 0 aromatic carbocycles. The number of hydrogen-bond acceptors (Lipinski definition) is 1. The summed E-state index contributed by atoms with van der Waals surface area (Å²) in [4.78, 5) is 0. The molecule has 0 bridgehead atoms. The third-order valence-electron chi connectivity index (χ3n) is 2.61. The third-order valence-corrected chi connectivity index (χ3v) is 2.61. The van der Waals surface area contributed by atoms with E-state index in [0.717, 1.165) is 19.6 Å². The van der Waals surface area contributed by atoms with Crippen LogP contribution in [0.3, 0.4) is 0 Å². The van der Waals surface area contributed by atoms with Crippen LogP contribution in [-0.4, -0.2) is 18.2 Å². The van der Waals surface area contributed by atoms with Crippen LogP contribution >= 0.6 is 0 Å². The summed E-state index contributed by atoms with van der Waals surface area (Å²) in [5.74, 6) is 0. The van der Waals surface area contributed by atoms with E-state index in [9.17, 15) is 0 Å². The van der Waals surface area contributed by atoms with E-state index in [2.05, 4.69) is 40.1 Å². The van der Waals surface area contributed by atoms with Crippen molar-refractivity contribution >= 4 is 0 Å². The average Bonchev–Trinajstić information content (AvgIpc) is 2.69. The average molecular weight is 210 g/mol. The minimum Gasteiger partial charge on any atom is -0.320 e. The van der Waals surface area contributed by atoms with Gasteiger partial charge < -0.3 is 5.32 Å². The number of rotatable bonds is 8. The first-order chi connectivity index (χ1) is 7.36. The Morgan fingerprint density at radius 3 is 2.87 bits per heavy atom. The van der Waals surface area contributed by atoms with Gasteiger partial charge in [0.05, 0.1) is 13.1 Å². The summed E-state index contributed by atoms with van der Waals surface area (Å²) >= 11 is 0. The highest BCUT2D eigenvalue weighted by molar-refractivity contribution is 4.65. The Bertz CT molecular complexity index is 255. The van der Waals surface area contributed by atoms with Gasteiger partial charge in [-0.25, -0.2) is 9.13 Å². The molecule has 0 atom stereocenters. The van der Waals surface area contributed by atoms with E-state index in [1.54, 1.807) is 0 Å². The maximum Gasteiger partial charge on any atom is 0.243 e. The predicted octanol–water partition coefficient (Wildman–Crippen LogP) is 1.58. The van der Waals surface area contributed by atoms with Crippen LogP contribution in [0.4, 0.5) is 0 Å². The van der Waals surface area contributed by atoms with Gasteiger partial charge in [0, 0.05) is 0 Å². The monoisotopic (exact) mass is 210 g/mol. The second-order valence-electron chi connectivity index (χ2n) is 4.05. The molecule has 1 aromatic heterocycles. The Kier molecular flexibility index (Phi) is 6.09. The van der Waals surface area contributed by atoms with Crippen molar-refractivity contribution in [2.24, 2.45) is 0 Å². The summed E-state index contributed by atoms with van der Waals surface area (Å²) in [7, 11) is 2.01. The van der Waals surface area contributed by atoms with E-state index in [1.807, 2.05) is 7.05 Å². The molecule has 0 radical (unpaired) electrons. The zero-order valence-electron chi connectivity index (χ0n) is 10.1. The molecule has 1 rings (SSSR count). The minimum absolute atomic E-state index is 1.12. The van der Waals surface area contributed by atoms with Gasteiger partial charge in [-0.2, -0.15) is 0 Å². The van der Waals surface area contributed by atoms with Gasteiger partial charge in [0.2, 0.25) is 6.33 Å². The van der Waals surface area contributed by atoms with Crippen LogP contribution in [-0.2, 0) is 13.1 Å². The zero-order chi connectivity index (χ0) is 10.9. The molecule has 3 heteroatoms. The molecule has 0 saturated heterocycles. The fourth-order valence-electron chi connectivity index (χ4n) is 1.64. The molecule has 0 aliphatic heterocycles. The van der Waals surface area contributed by atoms with Crippen LogP contribution in [0.2, 0.25) is 0 Å². The number of aryl methyl sites for hydroxylation is 2. The van der Waals surface area contributed by atoms with Gasteiger partial charge in [-0.3, -0.25) is 0 Å². The maximum absolute atomic E-state index is 3.17. The molecule has 0 unspecified atom stereocenters. The number of nitrogens with one attached hydrogen (secondary N) is 1. The fraction of sp³-hybridized carbons (Fsp3) is 0.750. The van der Waals surface area contributed by atoms with Crippen LogP contribution in [0.15, 0.2) is 18.7 Å². The summed E-state index contributed by atoms with van der Waals surface area (Å²) in [5, 5.41) is 3.17. The minimum atomic E-state index is 1.12. The van der Waals surface area contributed by atoms with Crippen LogP contribution in [0, 0.1) is 0 Å². The SMILES string of the molecule is CCCCn1cc[n+](CCCCNC)c1. The lowest BCUT2D eigenvalue weighted by atomic mass is 10.3. The first-order valence-corrected chi connectivity index (χ1v) is 6.06. The molecule has 15 heavy (non-hydrogen) atoms. The maximum atomic E-state index is 3.17. The highest BCUT2D eigenvalue weighted by atomic mass is 15.1. The largest absolute Gasteiger partial charge is 0.320 e. The van der Waals surface area contributed by atoms with E-state index in [-0.39, 0.29) is 0 Å². The predicted molar refractivity (Wildman–Crippen MR) is 62.7 cm³/mol. The van der Waals surface area contributed by atoms with Gasteiger partial charge >= 0.3 is 0 Å². The highest BCUT2D eigenvalue weighted by Gasteiger charge is 2.02. The van der Waals surface area contributed by atoms with E-state index >= 15 is 0 Å². The molecule has 1 heterocycles. The number of unbranched alkanes of at least 4 members (excludes halogenated alkanes) is 2. The fourth-order valence-corrected chi connectivity index (χ4v) is 1.64. The van der Waals surface area contributed by atoms with Crippen molar-refractivity contribution in [3.05, 3.63) is 18.7 Å². The van der Waals surface area contributed by atoms with Gasteiger partial charge in [0.15, 0.2) is 0 Å². The lowest BCUT2D eigenvalue weighted by Crippen LogP contribution is -2.31. The summed E-state index contributed by atoms with van der Waals surface area (Å²) in [6.45, 7) is 5.65. The normalized spacial score (nSPS) is 10.8. The second kappa shape index (κ2) is 7.46. The van der Waals surface area contributed by atoms with Gasteiger partial charge in [-0.1, -0.05) is 13.3 Å². The van der Waals surface area contributed by atoms with Crippen molar-refractivity contribution in [1.82, 2.24) is 9.88 Å². The van der Waals surface area contributed by atoms with E-state index in [1.165, 1.54) is 25.7 Å². The first-order valence-electron chi connectivity index (χ1n) is 6.06. The lowest BCUT2D eigenvalue weighted by molar-refractivity contribution is -0.696. The summed E-state index contributed by atoms with van der Waals surface area (Å²) in [5.41, 5.74) is 0. The quantitative estimate of drug-likeness (QED) is 0.510. The molecule has 3 nitrogen and oxygen atoms in total. The standard InChI is InChI=1S/C12H24N3/c1-3-4-8-14-10-11-15(12-14)9-6-5-7-13-2/h10-13H,3-9H2,1-2H3/q+1. The Labute approximate surface area is 93.1 Å². The summed E-state index contributed by atoms with van der Waals surface area (Å²) < 4.78 is 4.56. The third kappa shape index (κ3) is 4.98. The van der Waals surface area contributed by atoms with Gasteiger partial charge in [-0.15, -0.1) is 0 Å². The highest BCUT2D eigenvalue weighted by Crippen LogP contribution is 1.94. The number of imidazole rings is 1. The van der Waals surface area contributed by atoms with E-state index in [0.29, 0.717) is 0 Å². The molecule has 0 fully saturated rings. The van der Waals surface area contributed by atoms with Crippen LogP contribution in [0.25, 0.3) is 0 Å². The van der Waals surface area contributed by atoms with Crippen molar-refractivity contribution in [2.75, 3.05) is 13.6 Å². The molecule has 0 aliphatic rings. The van der Waals surface area contributed by atoms with Crippen LogP contribution in [0.5, 0.6) is 0 Å². The van der Waals surface area contributed by atoms with Crippen molar-refractivity contribution < 1.29 is 4.57 Å². The Balaban J connectivity index is 2.20. The molecule has 86 valence electrons. The number of nitrogens with zero attached hydrogens (tertiary/aromatic N) is 2. The summed E-state index contributed by atoms with van der Waals surface area (Å²) in [6.07, 6.45) is 11.6. The molecule has 0 amide bonds. The van der Waals surface area contributed by atoms with Gasteiger partial charge in [0.25, 0.3) is 0 Å². The van der Waals surface area contributed by atoms with Crippen LogP contribution < -0.4 is 9.88 Å². The second-order valence-corrected chi connectivity index (χ2v) is 4.05. The topological polar surface area (TPSA) is 20.8 Å². The number of hydrogen-bond donors (Lipinski definition) is 1.